The van der Waals surface area contributed by atoms with Crippen molar-refractivity contribution in [3.8, 4) is 6.07 Å². The second-order valence-corrected chi connectivity index (χ2v) is 8.36. The molecule has 0 unspecified atom stereocenters. The lowest BCUT2D eigenvalue weighted by Gasteiger charge is -2.14. The number of nitriles is 1. The Kier molecular flexibility index (Phi) is 4.96. The molecule has 0 N–H and O–H groups in total. The van der Waals surface area contributed by atoms with Crippen LogP contribution in [0, 0.1) is 18.3 Å². The molecule has 2 nitrogen and oxygen atoms in total. The molecule has 2 heteroatoms. The number of allylic oxidation sites excluding steroid dienone is 1. The lowest BCUT2D eigenvalue weighted by molar-refractivity contribution is 0.769. The number of benzene rings is 3. The lowest BCUT2D eigenvalue weighted by atomic mass is 9.93. The number of hydrogen-bond acceptors (Lipinski definition) is 1. The van der Waals surface area contributed by atoms with Crippen LogP contribution in [0.2, 0.25) is 0 Å². The lowest BCUT2D eigenvalue weighted by Crippen LogP contribution is -2.05. The number of aromatic nitrogens is 1. The predicted octanol–water partition coefficient (Wildman–Crippen LogP) is 6.61. The minimum absolute atomic E-state index is 0.870. The number of rotatable bonds is 3. The number of para-hydroxylation sites is 1. The van der Waals surface area contributed by atoms with Gasteiger partial charge in [-0.3, -0.25) is 0 Å². The first-order chi connectivity index (χ1) is 15.2. The van der Waals surface area contributed by atoms with Crippen LogP contribution in [0.15, 0.2) is 72.8 Å². The average Bonchev–Trinajstić information content (AvgIpc) is 2.97. The summed E-state index contributed by atoms with van der Waals surface area (Å²) in [4.78, 5) is 0. The molecule has 1 aliphatic carbocycles. The van der Waals surface area contributed by atoms with Crippen molar-refractivity contribution >= 4 is 16.5 Å². The van der Waals surface area contributed by atoms with E-state index in [9.17, 15) is 5.26 Å². The van der Waals surface area contributed by atoms with Crippen molar-refractivity contribution in [3.63, 3.8) is 0 Å². The second kappa shape index (κ2) is 7.93. The molecular weight excluding hydrogens is 376 g/mol. The first-order valence-electron chi connectivity index (χ1n) is 11.1. The number of fused-ring (bicyclic) bond motifs is 3. The standard InChI is InChI=1S/C29H26N2/c1-3-28-20(2)24-9-6-7-11-29(24)31(28)19-21-12-15-26-23(18-21)14-13-22-8-4-5-10-25(22)27(26)16-17-30/h4-12,15-16,18H,3,13-14,19H2,1-2H3. The fraction of sp³-hybridized carbons (Fsp3) is 0.207. The number of nitrogens with zero attached hydrogens (tertiary/aromatic N) is 2. The molecular formula is C29H26N2. The molecule has 31 heavy (non-hydrogen) atoms. The van der Waals surface area contributed by atoms with Gasteiger partial charge in [0.25, 0.3) is 0 Å². The van der Waals surface area contributed by atoms with Crippen molar-refractivity contribution in [2.75, 3.05) is 0 Å². The zero-order valence-electron chi connectivity index (χ0n) is 18.2. The van der Waals surface area contributed by atoms with Gasteiger partial charge in [-0.15, -0.1) is 0 Å². The van der Waals surface area contributed by atoms with Gasteiger partial charge in [0.1, 0.15) is 0 Å². The maximum atomic E-state index is 9.44. The van der Waals surface area contributed by atoms with Crippen LogP contribution >= 0.6 is 0 Å². The van der Waals surface area contributed by atoms with Crippen LogP contribution in [0.25, 0.3) is 16.5 Å². The summed E-state index contributed by atoms with van der Waals surface area (Å²) in [5.41, 5.74) is 11.5. The number of hydrogen-bond donors (Lipinski definition) is 0. The summed E-state index contributed by atoms with van der Waals surface area (Å²) < 4.78 is 2.48. The van der Waals surface area contributed by atoms with Gasteiger partial charge in [0.15, 0.2) is 0 Å². The van der Waals surface area contributed by atoms with E-state index in [1.807, 2.05) is 0 Å². The molecule has 5 rings (SSSR count). The van der Waals surface area contributed by atoms with Gasteiger partial charge in [0, 0.05) is 29.2 Å². The Bertz CT molecular complexity index is 1360. The van der Waals surface area contributed by atoms with Gasteiger partial charge in [-0.2, -0.15) is 5.26 Å². The molecule has 0 saturated carbocycles. The highest BCUT2D eigenvalue weighted by molar-refractivity contribution is 5.86. The molecule has 1 heterocycles. The van der Waals surface area contributed by atoms with E-state index in [0.29, 0.717) is 0 Å². The molecule has 0 atom stereocenters. The molecule has 0 aliphatic heterocycles. The summed E-state index contributed by atoms with van der Waals surface area (Å²) in [6.45, 7) is 5.35. The van der Waals surface area contributed by atoms with Crippen molar-refractivity contribution < 1.29 is 0 Å². The molecule has 0 radical (unpaired) electrons. The Labute approximate surface area is 184 Å². The van der Waals surface area contributed by atoms with Crippen molar-refractivity contribution in [2.45, 2.75) is 39.7 Å². The van der Waals surface area contributed by atoms with Gasteiger partial charge >= 0.3 is 0 Å². The highest BCUT2D eigenvalue weighted by atomic mass is 15.0. The Morgan fingerprint density at radius 3 is 2.52 bits per heavy atom. The highest BCUT2D eigenvalue weighted by Crippen LogP contribution is 2.34. The molecule has 0 bridgehead atoms. The third-order valence-corrected chi connectivity index (χ3v) is 6.67. The molecule has 0 spiro atoms. The smallest absolute Gasteiger partial charge is 0.0918 e. The predicted molar refractivity (Wildman–Crippen MR) is 128 cm³/mol. The summed E-state index contributed by atoms with van der Waals surface area (Å²) in [6.07, 6.45) is 4.73. The fourth-order valence-corrected chi connectivity index (χ4v) is 5.20. The Morgan fingerprint density at radius 1 is 0.935 bits per heavy atom. The molecule has 152 valence electrons. The van der Waals surface area contributed by atoms with Crippen molar-refractivity contribution in [1.29, 1.82) is 5.26 Å². The van der Waals surface area contributed by atoms with Crippen LogP contribution in [-0.2, 0) is 25.8 Å². The van der Waals surface area contributed by atoms with E-state index in [1.165, 1.54) is 50.0 Å². The van der Waals surface area contributed by atoms with Gasteiger partial charge in [0.05, 0.1) is 6.07 Å². The summed E-state index contributed by atoms with van der Waals surface area (Å²) in [5, 5.41) is 10.8. The molecule has 1 aliphatic rings. The molecule has 0 fully saturated rings. The minimum Gasteiger partial charge on any atom is -0.340 e. The average molecular weight is 403 g/mol. The van der Waals surface area contributed by atoms with E-state index in [4.69, 9.17) is 0 Å². The Hall–Kier alpha value is -3.57. The van der Waals surface area contributed by atoms with E-state index in [0.717, 1.165) is 31.4 Å². The summed E-state index contributed by atoms with van der Waals surface area (Å²) >= 11 is 0. The molecule has 1 aromatic heterocycles. The van der Waals surface area contributed by atoms with Gasteiger partial charge < -0.3 is 4.57 Å². The zero-order valence-corrected chi connectivity index (χ0v) is 18.2. The largest absolute Gasteiger partial charge is 0.340 e. The molecule has 0 amide bonds. The second-order valence-electron chi connectivity index (χ2n) is 8.36. The maximum Gasteiger partial charge on any atom is 0.0918 e. The van der Waals surface area contributed by atoms with E-state index >= 15 is 0 Å². The minimum atomic E-state index is 0.870. The first-order valence-corrected chi connectivity index (χ1v) is 11.1. The van der Waals surface area contributed by atoms with Gasteiger partial charge in [-0.1, -0.05) is 67.6 Å². The van der Waals surface area contributed by atoms with Crippen LogP contribution in [0.4, 0.5) is 0 Å². The van der Waals surface area contributed by atoms with Crippen LogP contribution in [-0.4, -0.2) is 4.57 Å². The Morgan fingerprint density at radius 2 is 1.68 bits per heavy atom. The van der Waals surface area contributed by atoms with Gasteiger partial charge in [-0.05, 0) is 71.2 Å². The highest BCUT2D eigenvalue weighted by Gasteiger charge is 2.19. The van der Waals surface area contributed by atoms with E-state index < -0.39 is 0 Å². The quantitative estimate of drug-likeness (QED) is 0.354. The zero-order chi connectivity index (χ0) is 21.4. The third kappa shape index (κ3) is 3.27. The maximum absolute atomic E-state index is 9.44. The van der Waals surface area contributed by atoms with Crippen molar-refractivity contribution in [2.24, 2.45) is 0 Å². The Balaban J connectivity index is 1.59. The van der Waals surface area contributed by atoms with Crippen LogP contribution < -0.4 is 0 Å². The summed E-state index contributed by atoms with van der Waals surface area (Å²) in [7, 11) is 0. The fourth-order valence-electron chi connectivity index (χ4n) is 5.20. The van der Waals surface area contributed by atoms with E-state index in [-0.39, 0.29) is 0 Å². The van der Waals surface area contributed by atoms with Crippen molar-refractivity contribution in [3.05, 3.63) is 112 Å². The SMILES string of the molecule is CCc1c(C)c2ccccc2n1Cc1ccc2c(c1)CCc1ccccc1C2=CC#N. The van der Waals surface area contributed by atoms with Crippen LogP contribution in [0.1, 0.15) is 46.0 Å². The monoisotopic (exact) mass is 402 g/mol. The summed E-state index contributed by atoms with van der Waals surface area (Å²) in [6, 6.07) is 26.3. The molecule has 0 saturated heterocycles. The molecule has 4 aromatic rings. The topological polar surface area (TPSA) is 28.7 Å². The first kappa shape index (κ1) is 19.4. The van der Waals surface area contributed by atoms with E-state index in [1.54, 1.807) is 6.08 Å². The molecule has 3 aromatic carbocycles. The van der Waals surface area contributed by atoms with Crippen LogP contribution in [0.3, 0.4) is 0 Å². The third-order valence-electron chi connectivity index (χ3n) is 6.67. The van der Waals surface area contributed by atoms with Crippen molar-refractivity contribution in [1.82, 2.24) is 4.57 Å². The van der Waals surface area contributed by atoms with Gasteiger partial charge in [0.2, 0.25) is 0 Å². The normalized spacial score (nSPS) is 14.2. The van der Waals surface area contributed by atoms with Gasteiger partial charge in [-0.25, -0.2) is 0 Å². The van der Waals surface area contributed by atoms with Crippen LogP contribution in [0.5, 0.6) is 0 Å². The summed E-state index contributed by atoms with van der Waals surface area (Å²) in [5.74, 6) is 0. The number of aryl methyl sites for hydroxylation is 3. The van der Waals surface area contributed by atoms with E-state index in [2.05, 4.69) is 91.2 Å².